The molecule has 0 bridgehead atoms. The summed E-state index contributed by atoms with van der Waals surface area (Å²) in [7, 11) is 0. The molecule has 0 radical (unpaired) electrons. The molecular weight excluding hydrogens is 320 g/mol. The summed E-state index contributed by atoms with van der Waals surface area (Å²) in [6.07, 6.45) is 4.21. The molecule has 0 unspecified atom stereocenters. The standard InChI is InChI=1S/C14H15BrN4O/c1-8-5-9(2)17-14(16-8)18-13(20)12-6-10(15)7-19(12)11-3-4-11/h5-7,11H,3-4H2,1-2H3,(H,16,17,18,20). The van der Waals surface area contributed by atoms with Crippen molar-refractivity contribution in [3.63, 3.8) is 0 Å². The van der Waals surface area contributed by atoms with Gasteiger partial charge in [-0.3, -0.25) is 10.1 Å². The third-order valence-electron chi connectivity index (χ3n) is 3.20. The van der Waals surface area contributed by atoms with Crippen LogP contribution in [0.25, 0.3) is 0 Å². The molecule has 1 saturated carbocycles. The number of aromatic nitrogens is 3. The van der Waals surface area contributed by atoms with E-state index in [4.69, 9.17) is 0 Å². The Kier molecular flexibility index (Phi) is 3.33. The zero-order valence-corrected chi connectivity index (χ0v) is 12.9. The zero-order valence-electron chi connectivity index (χ0n) is 11.4. The molecule has 0 saturated heterocycles. The summed E-state index contributed by atoms with van der Waals surface area (Å²) in [4.78, 5) is 20.8. The molecule has 2 aromatic heterocycles. The van der Waals surface area contributed by atoms with Crippen LogP contribution in [0.5, 0.6) is 0 Å². The molecule has 104 valence electrons. The highest BCUT2D eigenvalue weighted by atomic mass is 79.9. The fourth-order valence-corrected chi connectivity index (χ4v) is 2.67. The average Bonchev–Trinajstić information content (AvgIpc) is 3.11. The molecule has 1 aliphatic rings. The number of rotatable bonds is 3. The van der Waals surface area contributed by atoms with E-state index in [-0.39, 0.29) is 5.91 Å². The van der Waals surface area contributed by atoms with Crippen LogP contribution in [-0.4, -0.2) is 20.4 Å². The average molecular weight is 335 g/mol. The summed E-state index contributed by atoms with van der Waals surface area (Å²) < 4.78 is 2.93. The fourth-order valence-electron chi connectivity index (χ4n) is 2.23. The van der Waals surface area contributed by atoms with Crippen LogP contribution in [0.4, 0.5) is 5.95 Å². The number of nitrogens with one attached hydrogen (secondary N) is 1. The second-order valence-corrected chi connectivity index (χ2v) is 6.03. The molecule has 1 amide bonds. The molecule has 5 nitrogen and oxygen atoms in total. The number of aryl methyl sites for hydroxylation is 2. The van der Waals surface area contributed by atoms with Gasteiger partial charge in [0.15, 0.2) is 0 Å². The van der Waals surface area contributed by atoms with Gasteiger partial charge in [0.25, 0.3) is 5.91 Å². The smallest absolute Gasteiger partial charge is 0.274 e. The van der Waals surface area contributed by atoms with Crippen molar-refractivity contribution >= 4 is 27.8 Å². The SMILES string of the molecule is Cc1cc(C)nc(NC(=O)c2cc(Br)cn2C2CC2)n1. The van der Waals surface area contributed by atoms with Crippen molar-refractivity contribution in [1.82, 2.24) is 14.5 Å². The van der Waals surface area contributed by atoms with Gasteiger partial charge >= 0.3 is 0 Å². The maximum Gasteiger partial charge on any atom is 0.274 e. The van der Waals surface area contributed by atoms with Crippen molar-refractivity contribution in [1.29, 1.82) is 0 Å². The third kappa shape index (κ3) is 2.75. The zero-order chi connectivity index (χ0) is 14.3. The Labute approximate surface area is 125 Å². The van der Waals surface area contributed by atoms with Gasteiger partial charge in [0, 0.05) is 28.1 Å². The Hall–Kier alpha value is -1.69. The lowest BCUT2D eigenvalue weighted by Gasteiger charge is -2.08. The van der Waals surface area contributed by atoms with E-state index in [1.54, 1.807) is 0 Å². The van der Waals surface area contributed by atoms with Gasteiger partial charge in [0.2, 0.25) is 5.95 Å². The minimum atomic E-state index is -0.174. The Bertz CT molecular complexity index is 656. The van der Waals surface area contributed by atoms with Crippen molar-refractivity contribution in [2.75, 3.05) is 5.32 Å². The molecule has 2 aromatic rings. The molecular formula is C14H15BrN4O. The summed E-state index contributed by atoms with van der Waals surface area (Å²) in [6, 6.07) is 4.15. The van der Waals surface area contributed by atoms with Gasteiger partial charge in [-0.05, 0) is 54.8 Å². The molecule has 1 fully saturated rings. The van der Waals surface area contributed by atoms with E-state index >= 15 is 0 Å². The maximum atomic E-state index is 12.4. The van der Waals surface area contributed by atoms with Crippen LogP contribution in [0.1, 0.15) is 40.8 Å². The molecule has 6 heteroatoms. The van der Waals surface area contributed by atoms with E-state index in [1.165, 1.54) is 0 Å². The van der Waals surface area contributed by atoms with Crippen LogP contribution in [-0.2, 0) is 0 Å². The lowest BCUT2D eigenvalue weighted by Crippen LogP contribution is -2.18. The lowest BCUT2D eigenvalue weighted by atomic mass is 10.3. The van der Waals surface area contributed by atoms with Crippen molar-refractivity contribution < 1.29 is 4.79 Å². The number of carbonyl (C=O) groups is 1. The van der Waals surface area contributed by atoms with Crippen LogP contribution >= 0.6 is 15.9 Å². The Morgan fingerprint density at radius 2 is 1.95 bits per heavy atom. The maximum absolute atomic E-state index is 12.4. The van der Waals surface area contributed by atoms with E-state index in [2.05, 4.69) is 31.2 Å². The van der Waals surface area contributed by atoms with Gasteiger partial charge in [0.1, 0.15) is 5.69 Å². The monoisotopic (exact) mass is 334 g/mol. The van der Waals surface area contributed by atoms with Gasteiger partial charge in [0.05, 0.1) is 0 Å². The molecule has 3 rings (SSSR count). The summed E-state index contributed by atoms with van der Waals surface area (Å²) in [6.45, 7) is 3.77. The van der Waals surface area contributed by atoms with Crippen LogP contribution in [0, 0.1) is 13.8 Å². The summed E-state index contributed by atoms with van der Waals surface area (Å²) >= 11 is 3.42. The molecule has 20 heavy (non-hydrogen) atoms. The topological polar surface area (TPSA) is 59.8 Å². The minimum absolute atomic E-state index is 0.174. The molecule has 0 aromatic carbocycles. The van der Waals surface area contributed by atoms with E-state index in [0.29, 0.717) is 17.7 Å². The summed E-state index contributed by atoms with van der Waals surface area (Å²) in [5, 5.41) is 2.77. The van der Waals surface area contributed by atoms with Crippen LogP contribution in [0.15, 0.2) is 22.8 Å². The predicted octanol–water partition coefficient (Wildman–Crippen LogP) is 3.24. The number of anilines is 1. The number of nitrogens with zero attached hydrogens (tertiary/aromatic N) is 3. The van der Waals surface area contributed by atoms with Crippen LogP contribution in [0.2, 0.25) is 0 Å². The lowest BCUT2D eigenvalue weighted by molar-refractivity contribution is 0.101. The number of hydrogen-bond donors (Lipinski definition) is 1. The van der Waals surface area contributed by atoms with Crippen molar-refractivity contribution in [3.8, 4) is 0 Å². The van der Waals surface area contributed by atoms with Gasteiger partial charge in [-0.1, -0.05) is 0 Å². The van der Waals surface area contributed by atoms with Gasteiger partial charge in [-0.25, -0.2) is 9.97 Å². The third-order valence-corrected chi connectivity index (χ3v) is 3.63. The summed E-state index contributed by atoms with van der Waals surface area (Å²) in [5.41, 5.74) is 2.32. The van der Waals surface area contributed by atoms with Gasteiger partial charge in [-0.2, -0.15) is 0 Å². The quantitative estimate of drug-likeness (QED) is 0.937. The molecule has 1 N–H and O–H groups in total. The van der Waals surface area contributed by atoms with E-state index in [9.17, 15) is 4.79 Å². The number of carbonyl (C=O) groups excluding carboxylic acids is 1. The Balaban J connectivity index is 1.85. The largest absolute Gasteiger partial charge is 0.339 e. The van der Waals surface area contributed by atoms with Crippen LogP contribution in [0.3, 0.4) is 0 Å². The first-order valence-corrected chi connectivity index (χ1v) is 7.33. The molecule has 1 aliphatic carbocycles. The minimum Gasteiger partial charge on any atom is -0.339 e. The van der Waals surface area contributed by atoms with Gasteiger partial charge < -0.3 is 4.57 Å². The number of amides is 1. The molecule has 0 aliphatic heterocycles. The fraction of sp³-hybridized carbons (Fsp3) is 0.357. The van der Waals surface area contributed by atoms with Gasteiger partial charge in [-0.15, -0.1) is 0 Å². The normalized spacial score (nSPS) is 14.3. The molecule has 2 heterocycles. The first kappa shape index (κ1) is 13.3. The van der Waals surface area contributed by atoms with Crippen molar-refractivity contribution in [3.05, 3.63) is 39.9 Å². The second-order valence-electron chi connectivity index (χ2n) is 5.11. The predicted molar refractivity (Wildman–Crippen MR) is 79.9 cm³/mol. The van der Waals surface area contributed by atoms with Crippen molar-refractivity contribution in [2.24, 2.45) is 0 Å². The summed E-state index contributed by atoms with van der Waals surface area (Å²) in [5.74, 6) is 0.180. The highest BCUT2D eigenvalue weighted by molar-refractivity contribution is 9.10. The van der Waals surface area contributed by atoms with E-state index in [0.717, 1.165) is 28.7 Å². The Morgan fingerprint density at radius 1 is 1.30 bits per heavy atom. The second kappa shape index (κ2) is 5.01. The van der Waals surface area contributed by atoms with Crippen LogP contribution < -0.4 is 5.32 Å². The molecule has 0 spiro atoms. The highest BCUT2D eigenvalue weighted by Crippen LogP contribution is 2.37. The van der Waals surface area contributed by atoms with Crippen molar-refractivity contribution in [2.45, 2.75) is 32.7 Å². The van der Waals surface area contributed by atoms with E-state index < -0.39 is 0 Å². The number of hydrogen-bond acceptors (Lipinski definition) is 3. The first-order valence-electron chi connectivity index (χ1n) is 6.54. The first-order chi connectivity index (χ1) is 9.52. The number of halogens is 1. The highest BCUT2D eigenvalue weighted by Gasteiger charge is 2.28. The Morgan fingerprint density at radius 3 is 2.55 bits per heavy atom. The molecule has 0 atom stereocenters. The van der Waals surface area contributed by atoms with E-state index in [1.807, 2.05) is 36.7 Å².